The van der Waals surface area contributed by atoms with Gasteiger partial charge in [0, 0.05) is 6.54 Å². The molecule has 1 heterocycles. The number of aliphatic carboxylic acids is 1. The summed E-state index contributed by atoms with van der Waals surface area (Å²) in [7, 11) is 0. The van der Waals surface area contributed by atoms with Crippen molar-refractivity contribution in [3.8, 4) is 0 Å². The fourth-order valence-corrected chi connectivity index (χ4v) is 3.21. The van der Waals surface area contributed by atoms with Crippen LogP contribution in [0.2, 0.25) is 0 Å². The molecule has 0 spiro atoms. The Morgan fingerprint density at radius 3 is 2.31 bits per heavy atom. The summed E-state index contributed by atoms with van der Waals surface area (Å²) < 4.78 is 0. The van der Waals surface area contributed by atoms with Crippen LogP contribution in [-0.4, -0.2) is 35.6 Å². The molecule has 2 aliphatic rings. The molecule has 0 amide bonds. The van der Waals surface area contributed by atoms with Crippen molar-refractivity contribution >= 4 is 5.97 Å². The molecule has 0 aromatic heterocycles. The molecule has 3 heteroatoms. The van der Waals surface area contributed by atoms with Crippen molar-refractivity contribution in [2.24, 2.45) is 11.8 Å². The smallest absolute Gasteiger partial charge is 0.308 e. The molecule has 1 aliphatic heterocycles. The molecule has 0 aromatic carbocycles. The summed E-state index contributed by atoms with van der Waals surface area (Å²) in [5, 5.41) is 9.36. The van der Waals surface area contributed by atoms with Crippen LogP contribution in [0.25, 0.3) is 0 Å². The molecule has 0 bridgehead atoms. The summed E-state index contributed by atoms with van der Waals surface area (Å²) in [6, 6.07) is 0. The lowest BCUT2D eigenvalue weighted by atomic mass is 9.80. The highest BCUT2D eigenvalue weighted by molar-refractivity contribution is 5.70. The van der Waals surface area contributed by atoms with Crippen molar-refractivity contribution in [1.82, 2.24) is 4.90 Å². The van der Waals surface area contributed by atoms with Crippen molar-refractivity contribution in [3.05, 3.63) is 0 Å². The summed E-state index contributed by atoms with van der Waals surface area (Å²) >= 11 is 0. The van der Waals surface area contributed by atoms with Crippen molar-refractivity contribution in [3.63, 3.8) is 0 Å². The fourth-order valence-electron chi connectivity index (χ4n) is 3.21. The van der Waals surface area contributed by atoms with Gasteiger partial charge in [0.15, 0.2) is 0 Å². The van der Waals surface area contributed by atoms with Crippen LogP contribution in [0, 0.1) is 11.8 Å². The lowest BCUT2D eigenvalue weighted by molar-refractivity contribution is -0.144. The molecular formula is C13H23NO2. The number of carbonyl (C=O) groups is 1. The Labute approximate surface area is 97.8 Å². The third-order valence-corrected chi connectivity index (χ3v) is 4.19. The van der Waals surface area contributed by atoms with Gasteiger partial charge in [-0.05, 0) is 44.7 Å². The third kappa shape index (κ3) is 2.97. The average Bonchev–Trinajstić information content (AvgIpc) is 2.79. The molecule has 16 heavy (non-hydrogen) atoms. The minimum absolute atomic E-state index is 0.113. The van der Waals surface area contributed by atoms with Gasteiger partial charge in [0.2, 0.25) is 0 Å². The lowest BCUT2D eigenvalue weighted by Crippen LogP contribution is -2.36. The zero-order valence-electron chi connectivity index (χ0n) is 10.0. The van der Waals surface area contributed by atoms with E-state index in [-0.39, 0.29) is 5.92 Å². The number of carboxylic acids is 1. The van der Waals surface area contributed by atoms with Crippen LogP contribution in [0.1, 0.15) is 44.9 Å². The van der Waals surface area contributed by atoms with Gasteiger partial charge < -0.3 is 10.0 Å². The van der Waals surface area contributed by atoms with Crippen molar-refractivity contribution in [2.75, 3.05) is 19.6 Å². The van der Waals surface area contributed by atoms with Gasteiger partial charge in [-0.15, -0.1) is 0 Å². The van der Waals surface area contributed by atoms with Gasteiger partial charge in [0.25, 0.3) is 0 Å². The van der Waals surface area contributed by atoms with Gasteiger partial charge in [0.1, 0.15) is 0 Å². The number of hydrogen-bond donors (Lipinski definition) is 1. The predicted molar refractivity (Wildman–Crippen MR) is 63.4 cm³/mol. The molecule has 92 valence electrons. The third-order valence-electron chi connectivity index (χ3n) is 4.19. The zero-order chi connectivity index (χ0) is 11.4. The molecule has 2 fully saturated rings. The summed E-state index contributed by atoms with van der Waals surface area (Å²) in [5.41, 5.74) is 0. The maximum Gasteiger partial charge on any atom is 0.308 e. The van der Waals surface area contributed by atoms with Gasteiger partial charge in [0.05, 0.1) is 5.92 Å². The van der Waals surface area contributed by atoms with Gasteiger partial charge in [-0.3, -0.25) is 4.79 Å². The van der Waals surface area contributed by atoms with E-state index in [0.29, 0.717) is 5.92 Å². The molecule has 1 unspecified atom stereocenters. The lowest BCUT2D eigenvalue weighted by Gasteiger charge is -2.30. The molecular weight excluding hydrogens is 202 g/mol. The fraction of sp³-hybridized carbons (Fsp3) is 0.923. The molecule has 1 N–H and O–H groups in total. The first-order valence-electron chi connectivity index (χ1n) is 6.72. The normalized spacial score (nSPS) is 25.8. The Bertz CT molecular complexity index is 230. The highest BCUT2D eigenvalue weighted by atomic mass is 16.4. The SMILES string of the molecule is O=C(O)C(CN1CCCC1)C1CCCCC1. The predicted octanol–water partition coefficient (Wildman–Crippen LogP) is 2.36. The largest absolute Gasteiger partial charge is 0.481 e. The Morgan fingerprint density at radius 1 is 1.12 bits per heavy atom. The van der Waals surface area contributed by atoms with Gasteiger partial charge in [-0.2, -0.15) is 0 Å². The van der Waals surface area contributed by atoms with Gasteiger partial charge in [-0.1, -0.05) is 19.3 Å². The van der Waals surface area contributed by atoms with Crippen molar-refractivity contribution in [1.29, 1.82) is 0 Å². The number of likely N-dealkylation sites (tertiary alicyclic amines) is 1. The van der Waals surface area contributed by atoms with E-state index in [2.05, 4.69) is 4.90 Å². The van der Waals surface area contributed by atoms with Crippen LogP contribution < -0.4 is 0 Å². The Morgan fingerprint density at radius 2 is 1.75 bits per heavy atom. The van der Waals surface area contributed by atoms with Gasteiger partial charge in [-0.25, -0.2) is 0 Å². The zero-order valence-corrected chi connectivity index (χ0v) is 10.0. The first-order valence-corrected chi connectivity index (χ1v) is 6.72. The van der Waals surface area contributed by atoms with E-state index in [1.54, 1.807) is 0 Å². The van der Waals surface area contributed by atoms with E-state index in [9.17, 15) is 9.90 Å². The number of rotatable bonds is 4. The van der Waals surface area contributed by atoms with Crippen LogP contribution in [0.4, 0.5) is 0 Å². The topological polar surface area (TPSA) is 40.5 Å². The first kappa shape index (κ1) is 11.9. The number of nitrogens with zero attached hydrogens (tertiary/aromatic N) is 1. The van der Waals surface area contributed by atoms with E-state index in [4.69, 9.17) is 0 Å². The summed E-state index contributed by atoms with van der Waals surface area (Å²) in [6.07, 6.45) is 8.51. The maximum absolute atomic E-state index is 11.4. The quantitative estimate of drug-likeness (QED) is 0.798. The standard InChI is InChI=1S/C13H23NO2/c15-13(16)12(10-14-8-4-5-9-14)11-6-2-1-3-7-11/h11-12H,1-10H2,(H,15,16). The molecule has 3 nitrogen and oxygen atoms in total. The van der Waals surface area contributed by atoms with E-state index in [1.807, 2.05) is 0 Å². The Kier molecular flexibility index (Phi) is 4.22. The number of hydrogen-bond acceptors (Lipinski definition) is 2. The second-order valence-electron chi connectivity index (χ2n) is 5.35. The van der Waals surface area contributed by atoms with Crippen molar-refractivity contribution in [2.45, 2.75) is 44.9 Å². The van der Waals surface area contributed by atoms with Crippen molar-refractivity contribution < 1.29 is 9.90 Å². The molecule has 1 saturated carbocycles. The summed E-state index contributed by atoms with van der Waals surface area (Å²) in [6.45, 7) is 3.01. The minimum atomic E-state index is -0.571. The monoisotopic (exact) mass is 225 g/mol. The molecule has 0 radical (unpaired) electrons. The Hall–Kier alpha value is -0.570. The molecule has 1 saturated heterocycles. The highest BCUT2D eigenvalue weighted by Crippen LogP contribution is 2.31. The first-order chi connectivity index (χ1) is 7.77. The maximum atomic E-state index is 11.4. The minimum Gasteiger partial charge on any atom is -0.481 e. The summed E-state index contributed by atoms with van der Waals surface area (Å²) in [4.78, 5) is 13.7. The second kappa shape index (κ2) is 5.67. The van der Waals surface area contributed by atoms with Crippen LogP contribution in [-0.2, 0) is 4.79 Å². The van der Waals surface area contributed by atoms with E-state index >= 15 is 0 Å². The van der Waals surface area contributed by atoms with Crippen LogP contribution in [0.5, 0.6) is 0 Å². The van der Waals surface area contributed by atoms with E-state index in [0.717, 1.165) is 32.5 Å². The van der Waals surface area contributed by atoms with Crippen LogP contribution in [0.15, 0.2) is 0 Å². The van der Waals surface area contributed by atoms with E-state index < -0.39 is 5.97 Å². The molecule has 2 rings (SSSR count). The highest BCUT2D eigenvalue weighted by Gasteiger charge is 2.31. The summed E-state index contributed by atoms with van der Waals surface area (Å²) in [5.74, 6) is -0.246. The molecule has 1 aliphatic carbocycles. The molecule has 0 aromatic rings. The average molecular weight is 225 g/mol. The Balaban J connectivity index is 1.90. The van der Waals surface area contributed by atoms with Gasteiger partial charge >= 0.3 is 5.97 Å². The second-order valence-corrected chi connectivity index (χ2v) is 5.35. The van der Waals surface area contributed by atoms with E-state index in [1.165, 1.54) is 32.1 Å². The number of carboxylic acid groups (broad SMARTS) is 1. The van der Waals surface area contributed by atoms with Crippen LogP contribution in [0.3, 0.4) is 0 Å². The molecule has 1 atom stereocenters. The van der Waals surface area contributed by atoms with Crippen LogP contribution >= 0.6 is 0 Å².